The minimum Gasteiger partial charge on any atom is -0.484 e. The monoisotopic (exact) mass is 506 g/mol. The third kappa shape index (κ3) is 7.57. The van der Waals surface area contributed by atoms with Crippen molar-refractivity contribution >= 4 is 23.4 Å². The number of benzene rings is 3. The summed E-state index contributed by atoms with van der Waals surface area (Å²) in [6, 6.07) is 25.5. The lowest BCUT2D eigenvalue weighted by Gasteiger charge is -2.31. The van der Waals surface area contributed by atoms with Gasteiger partial charge in [0.05, 0.1) is 6.10 Å². The summed E-state index contributed by atoms with van der Waals surface area (Å²) in [5.74, 6) is 0.109. The lowest BCUT2D eigenvalue weighted by atomic mass is 10.0. The highest BCUT2D eigenvalue weighted by molar-refractivity contribution is 6.30. The van der Waals surface area contributed by atoms with Crippen molar-refractivity contribution in [2.24, 2.45) is 0 Å². The number of rotatable bonds is 11. The van der Waals surface area contributed by atoms with Crippen LogP contribution in [0.3, 0.4) is 0 Å². The fourth-order valence-electron chi connectivity index (χ4n) is 4.22. The summed E-state index contributed by atoms with van der Waals surface area (Å²) in [4.78, 5) is 28.7. The molecule has 0 saturated carbocycles. The van der Waals surface area contributed by atoms with Crippen LogP contribution in [0.25, 0.3) is 0 Å². The highest BCUT2D eigenvalue weighted by Crippen LogP contribution is 2.18. The Bertz CT molecular complexity index is 1100. The minimum atomic E-state index is -0.726. The molecular formula is C29H31ClN2O4. The number of hydrogen-bond acceptors (Lipinski definition) is 4. The average molecular weight is 507 g/mol. The molecule has 0 spiro atoms. The summed E-state index contributed by atoms with van der Waals surface area (Å²) in [6.07, 6.45) is 2.30. The van der Waals surface area contributed by atoms with Crippen molar-refractivity contribution in [2.45, 2.75) is 38.0 Å². The molecule has 6 nitrogen and oxygen atoms in total. The zero-order valence-corrected chi connectivity index (χ0v) is 20.9. The SMILES string of the molecule is O=C(NCC1CCCO1)C(Cc1ccccc1)N(Cc1ccc(Cl)cc1)C(=O)COc1ccccc1. The summed E-state index contributed by atoms with van der Waals surface area (Å²) in [6.45, 7) is 1.21. The Balaban J connectivity index is 1.57. The van der Waals surface area contributed by atoms with Crippen LogP contribution in [0.5, 0.6) is 5.75 Å². The number of ether oxygens (including phenoxy) is 2. The molecule has 4 rings (SSSR count). The fourth-order valence-corrected chi connectivity index (χ4v) is 4.35. The van der Waals surface area contributed by atoms with Crippen LogP contribution in [0.4, 0.5) is 0 Å². The van der Waals surface area contributed by atoms with Gasteiger partial charge in [-0.15, -0.1) is 0 Å². The molecule has 0 aromatic heterocycles. The van der Waals surface area contributed by atoms with Crippen LogP contribution < -0.4 is 10.1 Å². The van der Waals surface area contributed by atoms with E-state index >= 15 is 0 Å². The van der Waals surface area contributed by atoms with E-state index in [4.69, 9.17) is 21.1 Å². The van der Waals surface area contributed by atoms with Gasteiger partial charge in [0.15, 0.2) is 6.61 Å². The standard InChI is InChI=1S/C29H31ClN2O4/c30-24-15-13-23(14-16-24)20-32(28(33)21-36-25-10-5-2-6-11-25)27(18-22-8-3-1-4-9-22)29(34)31-19-26-12-7-17-35-26/h1-6,8-11,13-16,26-27H,7,12,17-21H2,(H,31,34). The molecule has 0 bridgehead atoms. The highest BCUT2D eigenvalue weighted by atomic mass is 35.5. The third-order valence-corrected chi connectivity index (χ3v) is 6.42. The maximum atomic E-state index is 13.6. The first-order valence-electron chi connectivity index (χ1n) is 12.2. The van der Waals surface area contributed by atoms with Crippen molar-refractivity contribution in [3.8, 4) is 5.75 Å². The van der Waals surface area contributed by atoms with Gasteiger partial charge in [-0.05, 0) is 48.2 Å². The van der Waals surface area contributed by atoms with Crippen molar-refractivity contribution in [2.75, 3.05) is 19.8 Å². The molecule has 1 fully saturated rings. The molecule has 36 heavy (non-hydrogen) atoms. The zero-order chi connectivity index (χ0) is 25.2. The van der Waals surface area contributed by atoms with E-state index in [1.165, 1.54) is 0 Å². The van der Waals surface area contributed by atoms with Crippen LogP contribution in [-0.2, 0) is 27.3 Å². The maximum Gasteiger partial charge on any atom is 0.261 e. The van der Waals surface area contributed by atoms with E-state index in [9.17, 15) is 9.59 Å². The largest absolute Gasteiger partial charge is 0.484 e. The average Bonchev–Trinajstić information content (AvgIpc) is 3.44. The van der Waals surface area contributed by atoms with Gasteiger partial charge in [0, 0.05) is 31.1 Å². The number of para-hydroxylation sites is 1. The topological polar surface area (TPSA) is 67.9 Å². The van der Waals surface area contributed by atoms with Gasteiger partial charge in [-0.3, -0.25) is 9.59 Å². The summed E-state index contributed by atoms with van der Waals surface area (Å²) < 4.78 is 11.4. The molecule has 1 aliphatic rings. The molecule has 3 aromatic rings. The first kappa shape index (κ1) is 25.7. The lowest BCUT2D eigenvalue weighted by Crippen LogP contribution is -2.52. The van der Waals surface area contributed by atoms with E-state index in [0.29, 0.717) is 30.3 Å². The Morgan fingerprint density at radius 3 is 2.33 bits per heavy atom. The predicted octanol–water partition coefficient (Wildman–Crippen LogP) is 4.65. The molecule has 1 N–H and O–H groups in total. The van der Waals surface area contributed by atoms with E-state index < -0.39 is 6.04 Å². The van der Waals surface area contributed by atoms with Crippen molar-refractivity contribution < 1.29 is 19.1 Å². The van der Waals surface area contributed by atoms with Crippen molar-refractivity contribution in [1.82, 2.24) is 10.2 Å². The number of nitrogens with one attached hydrogen (secondary N) is 1. The summed E-state index contributed by atoms with van der Waals surface area (Å²) in [5, 5.41) is 3.64. The quantitative estimate of drug-likeness (QED) is 0.411. The van der Waals surface area contributed by atoms with Gasteiger partial charge in [-0.2, -0.15) is 0 Å². The Morgan fingerprint density at radius 1 is 0.972 bits per heavy atom. The summed E-state index contributed by atoms with van der Waals surface area (Å²) in [7, 11) is 0. The van der Waals surface area contributed by atoms with Crippen LogP contribution in [-0.4, -0.2) is 48.6 Å². The van der Waals surface area contributed by atoms with Crippen LogP contribution in [0.1, 0.15) is 24.0 Å². The number of amides is 2. The first-order valence-corrected chi connectivity index (χ1v) is 12.6. The van der Waals surface area contributed by atoms with E-state index in [-0.39, 0.29) is 31.1 Å². The van der Waals surface area contributed by atoms with Crippen LogP contribution in [0.2, 0.25) is 5.02 Å². The number of carbonyl (C=O) groups is 2. The number of hydrogen-bond donors (Lipinski definition) is 1. The van der Waals surface area contributed by atoms with Gasteiger partial charge in [0.1, 0.15) is 11.8 Å². The highest BCUT2D eigenvalue weighted by Gasteiger charge is 2.31. The molecule has 7 heteroatoms. The van der Waals surface area contributed by atoms with Crippen molar-refractivity contribution in [3.63, 3.8) is 0 Å². The molecule has 0 aliphatic carbocycles. The molecule has 2 unspecified atom stereocenters. The smallest absolute Gasteiger partial charge is 0.261 e. The van der Waals surface area contributed by atoms with Gasteiger partial charge < -0.3 is 19.7 Å². The van der Waals surface area contributed by atoms with Crippen LogP contribution >= 0.6 is 11.6 Å². The normalized spacial score (nSPS) is 15.8. The maximum absolute atomic E-state index is 13.6. The van der Waals surface area contributed by atoms with E-state index in [2.05, 4.69) is 5.32 Å². The van der Waals surface area contributed by atoms with Gasteiger partial charge in [0.2, 0.25) is 5.91 Å². The molecule has 188 valence electrons. The lowest BCUT2D eigenvalue weighted by molar-refractivity contribution is -0.143. The fraction of sp³-hybridized carbons (Fsp3) is 0.310. The van der Waals surface area contributed by atoms with E-state index in [0.717, 1.165) is 24.0 Å². The Labute approximate surface area is 217 Å². The van der Waals surface area contributed by atoms with Gasteiger partial charge in [-0.25, -0.2) is 0 Å². The number of carbonyl (C=O) groups excluding carboxylic acids is 2. The molecule has 3 aromatic carbocycles. The molecule has 1 heterocycles. The van der Waals surface area contributed by atoms with Gasteiger partial charge in [-0.1, -0.05) is 72.3 Å². The first-order chi connectivity index (χ1) is 17.6. The molecular weight excluding hydrogens is 476 g/mol. The second-order valence-corrected chi connectivity index (χ2v) is 9.27. The zero-order valence-electron chi connectivity index (χ0n) is 20.1. The van der Waals surface area contributed by atoms with Crippen LogP contribution in [0.15, 0.2) is 84.9 Å². The summed E-state index contributed by atoms with van der Waals surface area (Å²) in [5.41, 5.74) is 1.84. The van der Waals surface area contributed by atoms with Gasteiger partial charge in [0.25, 0.3) is 5.91 Å². The second kappa shape index (κ2) is 13.1. The van der Waals surface area contributed by atoms with E-state index in [1.54, 1.807) is 29.2 Å². The third-order valence-electron chi connectivity index (χ3n) is 6.17. The van der Waals surface area contributed by atoms with Crippen molar-refractivity contribution in [3.05, 3.63) is 101 Å². The van der Waals surface area contributed by atoms with Gasteiger partial charge >= 0.3 is 0 Å². The molecule has 2 amide bonds. The minimum absolute atomic E-state index is 0.00755. The molecule has 2 atom stereocenters. The Kier molecular flexibility index (Phi) is 9.36. The molecule has 1 aliphatic heterocycles. The number of halogens is 1. The second-order valence-electron chi connectivity index (χ2n) is 8.84. The molecule has 0 radical (unpaired) electrons. The molecule has 1 saturated heterocycles. The Hall–Kier alpha value is -3.35. The van der Waals surface area contributed by atoms with Crippen molar-refractivity contribution in [1.29, 1.82) is 0 Å². The predicted molar refractivity (Wildman–Crippen MR) is 140 cm³/mol. The van der Waals surface area contributed by atoms with E-state index in [1.807, 2.05) is 60.7 Å². The van der Waals surface area contributed by atoms with Crippen LogP contribution in [0, 0.1) is 0 Å². The number of nitrogens with zero attached hydrogens (tertiary/aromatic N) is 1. The summed E-state index contributed by atoms with van der Waals surface area (Å²) >= 11 is 6.08. The Morgan fingerprint density at radius 2 is 1.67 bits per heavy atom.